The molecule has 1 saturated heterocycles. The summed E-state index contributed by atoms with van der Waals surface area (Å²) in [6, 6.07) is 17.9. The summed E-state index contributed by atoms with van der Waals surface area (Å²) in [5, 5.41) is 3.43. The van der Waals surface area contributed by atoms with Crippen molar-refractivity contribution in [3.63, 3.8) is 0 Å². The predicted octanol–water partition coefficient (Wildman–Crippen LogP) is 4.14. The van der Waals surface area contributed by atoms with E-state index in [0.29, 0.717) is 12.5 Å². The molecular weight excluding hydrogens is 453 g/mol. The minimum atomic E-state index is 0. The SMILES string of the molecule is CN=C(NCc1cccc(Oc2ccccc2)c1)N(C)CC1CCOC1.I. The molecule has 1 unspecified atom stereocenters. The maximum atomic E-state index is 5.91. The standard InChI is InChI=1S/C21H27N3O2.HI/c1-22-21(24(2)15-18-11-12-25-16-18)23-14-17-7-6-10-20(13-17)26-19-8-4-3-5-9-19;/h3-10,13,18H,11-12,14-16H2,1-2H3,(H,22,23);1H. The molecule has 1 aliphatic rings. The van der Waals surface area contributed by atoms with Crippen LogP contribution in [0.1, 0.15) is 12.0 Å². The van der Waals surface area contributed by atoms with Crippen LogP contribution in [0.5, 0.6) is 11.5 Å². The molecule has 1 N–H and O–H groups in total. The predicted molar refractivity (Wildman–Crippen MR) is 120 cm³/mol. The fourth-order valence-electron chi connectivity index (χ4n) is 3.11. The molecule has 2 aromatic rings. The van der Waals surface area contributed by atoms with Crippen LogP contribution in [0.3, 0.4) is 0 Å². The minimum absolute atomic E-state index is 0. The maximum absolute atomic E-state index is 5.91. The van der Waals surface area contributed by atoms with E-state index in [-0.39, 0.29) is 24.0 Å². The molecule has 146 valence electrons. The van der Waals surface area contributed by atoms with Crippen LogP contribution < -0.4 is 10.1 Å². The van der Waals surface area contributed by atoms with Gasteiger partial charge in [0, 0.05) is 39.7 Å². The van der Waals surface area contributed by atoms with Gasteiger partial charge in [-0.05, 0) is 36.2 Å². The molecule has 0 spiro atoms. The molecule has 0 amide bonds. The summed E-state index contributed by atoms with van der Waals surface area (Å²) in [6.07, 6.45) is 1.13. The number of nitrogens with one attached hydrogen (secondary N) is 1. The van der Waals surface area contributed by atoms with Crippen molar-refractivity contribution in [2.45, 2.75) is 13.0 Å². The Morgan fingerprint density at radius 3 is 2.67 bits per heavy atom. The van der Waals surface area contributed by atoms with Gasteiger partial charge in [0.2, 0.25) is 0 Å². The number of rotatable bonds is 6. The lowest BCUT2D eigenvalue weighted by atomic mass is 10.1. The number of halogens is 1. The van der Waals surface area contributed by atoms with Gasteiger partial charge in [-0.3, -0.25) is 4.99 Å². The lowest BCUT2D eigenvalue weighted by Crippen LogP contribution is -2.41. The number of nitrogens with zero attached hydrogens (tertiary/aromatic N) is 2. The fraction of sp³-hybridized carbons (Fsp3) is 0.381. The Kier molecular flexibility index (Phi) is 8.87. The Morgan fingerprint density at radius 1 is 1.19 bits per heavy atom. The Hall–Kier alpha value is -1.80. The maximum Gasteiger partial charge on any atom is 0.193 e. The summed E-state index contributed by atoms with van der Waals surface area (Å²) in [6.45, 7) is 3.37. The number of para-hydroxylation sites is 1. The van der Waals surface area contributed by atoms with E-state index < -0.39 is 0 Å². The summed E-state index contributed by atoms with van der Waals surface area (Å²) in [5.41, 5.74) is 1.15. The van der Waals surface area contributed by atoms with Crippen LogP contribution in [-0.4, -0.2) is 44.7 Å². The largest absolute Gasteiger partial charge is 0.457 e. The number of hydrogen-bond acceptors (Lipinski definition) is 3. The van der Waals surface area contributed by atoms with E-state index >= 15 is 0 Å². The van der Waals surface area contributed by atoms with Crippen molar-refractivity contribution in [2.75, 3.05) is 33.9 Å². The first kappa shape index (κ1) is 21.5. The van der Waals surface area contributed by atoms with E-state index in [1.54, 1.807) is 0 Å². The smallest absolute Gasteiger partial charge is 0.193 e. The molecule has 2 aromatic carbocycles. The molecule has 0 bridgehead atoms. The highest BCUT2D eigenvalue weighted by molar-refractivity contribution is 14.0. The van der Waals surface area contributed by atoms with E-state index in [1.165, 1.54) is 0 Å². The third-order valence-electron chi connectivity index (χ3n) is 4.46. The first-order valence-electron chi connectivity index (χ1n) is 9.06. The molecule has 1 heterocycles. The zero-order chi connectivity index (χ0) is 18.2. The van der Waals surface area contributed by atoms with Crippen LogP contribution in [0.4, 0.5) is 0 Å². The van der Waals surface area contributed by atoms with Crippen molar-refractivity contribution in [2.24, 2.45) is 10.9 Å². The average molecular weight is 481 g/mol. The van der Waals surface area contributed by atoms with Crippen molar-refractivity contribution in [1.29, 1.82) is 0 Å². The first-order valence-corrected chi connectivity index (χ1v) is 9.06. The summed E-state index contributed by atoms with van der Waals surface area (Å²) in [4.78, 5) is 6.56. The summed E-state index contributed by atoms with van der Waals surface area (Å²) >= 11 is 0. The second kappa shape index (κ2) is 11.1. The first-order chi connectivity index (χ1) is 12.7. The summed E-state index contributed by atoms with van der Waals surface area (Å²) < 4.78 is 11.4. The second-order valence-electron chi connectivity index (χ2n) is 6.57. The third kappa shape index (κ3) is 6.70. The molecule has 0 aliphatic carbocycles. The van der Waals surface area contributed by atoms with Crippen LogP contribution in [0, 0.1) is 5.92 Å². The number of aliphatic imine (C=N–C) groups is 1. The van der Waals surface area contributed by atoms with Gasteiger partial charge in [0.15, 0.2) is 5.96 Å². The van der Waals surface area contributed by atoms with Crippen molar-refractivity contribution in [1.82, 2.24) is 10.2 Å². The van der Waals surface area contributed by atoms with Crippen LogP contribution in [0.2, 0.25) is 0 Å². The molecule has 5 nitrogen and oxygen atoms in total. The normalized spacial score (nSPS) is 16.5. The number of benzene rings is 2. The van der Waals surface area contributed by atoms with Gasteiger partial charge in [-0.2, -0.15) is 0 Å². The molecule has 1 atom stereocenters. The van der Waals surface area contributed by atoms with Crippen LogP contribution in [-0.2, 0) is 11.3 Å². The van der Waals surface area contributed by atoms with Crippen molar-refractivity contribution in [3.05, 3.63) is 60.2 Å². The van der Waals surface area contributed by atoms with Gasteiger partial charge < -0.3 is 19.7 Å². The van der Waals surface area contributed by atoms with Gasteiger partial charge >= 0.3 is 0 Å². The molecule has 0 radical (unpaired) electrons. The average Bonchev–Trinajstić information content (AvgIpc) is 3.16. The van der Waals surface area contributed by atoms with Crippen molar-refractivity contribution >= 4 is 29.9 Å². The highest BCUT2D eigenvalue weighted by atomic mass is 127. The van der Waals surface area contributed by atoms with Crippen LogP contribution >= 0.6 is 24.0 Å². The van der Waals surface area contributed by atoms with Crippen LogP contribution in [0.15, 0.2) is 59.6 Å². The molecule has 0 aromatic heterocycles. The number of ether oxygens (including phenoxy) is 2. The lowest BCUT2D eigenvalue weighted by molar-refractivity contribution is 0.181. The molecule has 27 heavy (non-hydrogen) atoms. The molecule has 1 aliphatic heterocycles. The topological polar surface area (TPSA) is 46.1 Å². The Morgan fingerprint density at radius 2 is 1.96 bits per heavy atom. The highest BCUT2D eigenvalue weighted by Crippen LogP contribution is 2.21. The van der Waals surface area contributed by atoms with Gasteiger partial charge in [-0.1, -0.05) is 30.3 Å². The molecule has 0 saturated carbocycles. The second-order valence-corrected chi connectivity index (χ2v) is 6.57. The quantitative estimate of drug-likeness (QED) is 0.383. The van der Waals surface area contributed by atoms with Gasteiger partial charge in [-0.25, -0.2) is 0 Å². The van der Waals surface area contributed by atoms with Crippen molar-refractivity contribution < 1.29 is 9.47 Å². The van der Waals surface area contributed by atoms with Gasteiger partial charge in [0.25, 0.3) is 0 Å². The third-order valence-corrected chi connectivity index (χ3v) is 4.46. The van der Waals surface area contributed by atoms with Gasteiger partial charge in [-0.15, -0.1) is 24.0 Å². The lowest BCUT2D eigenvalue weighted by Gasteiger charge is -2.24. The van der Waals surface area contributed by atoms with E-state index in [2.05, 4.69) is 34.4 Å². The summed E-state index contributed by atoms with van der Waals surface area (Å²) in [5.74, 6) is 3.15. The van der Waals surface area contributed by atoms with Crippen LogP contribution in [0.25, 0.3) is 0 Å². The Labute approximate surface area is 178 Å². The van der Waals surface area contributed by atoms with Gasteiger partial charge in [0.05, 0.1) is 6.61 Å². The molecule has 3 rings (SSSR count). The van der Waals surface area contributed by atoms with E-state index in [9.17, 15) is 0 Å². The zero-order valence-electron chi connectivity index (χ0n) is 15.9. The molecular formula is C21H28IN3O2. The van der Waals surface area contributed by atoms with Crippen molar-refractivity contribution in [3.8, 4) is 11.5 Å². The minimum Gasteiger partial charge on any atom is -0.457 e. The number of guanidine groups is 1. The molecule has 1 fully saturated rings. The monoisotopic (exact) mass is 481 g/mol. The summed E-state index contributed by atoms with van der Waals surface area (Å²) in [7, 11) is 3.89. The Bertz CT molecular complexity index is 718. The van der Waals surface area contributed by atoms with E-state index in [0.717, 1.165) is 49.2 Å². The fourth-order valence-corrected chi connectivity index (χ4v) is 3.11. The molecule has 6 heteroatoms. The van der Waals surface area contributed by atoms with Gasteiger partial charge in [0.1, 0.15) is 11.5 Å². The zero-order valence-corrected chi connectivity index (χ0v) is 18.3. The Balaban J connectivity index is 0.00000261. The highest BCUT2D eigenvalue weighted by Gasteiger charge is 2.19. The van der Waals surface area contributed by atoms with E-state index in [1.807, 2.05) is 49.5 Å². The van der Waals surface area contributed by atoms with E-state index in [4.69, 9.17) is 9.47 Å². The number of hydrogen-bond donors (Lipinski definition) is 1.